The molecular formula is C13H21FIN3OS. The molecule has 3 N–H and O–H groups in total. The average Bonchev–Trinajstić information content (AvgIpc) is 2.37. The number of hydrogen-bond acceptors (Lipinski definition) is 3. The minimum Gasteiger partial charge on any atom is -0.383 e. The normalized spacial score (nSPS) is 12.7. The van der Waals surface area contributed by atoms with Gasteiger partial charge in [-0.1, -0.05) is 0 Å². The van der Waals surface area contributed by atoms with Crippen molar-refractivity contribution in [1.29, 1.82) is 0 Å². The summed E-state index contributed by atoms with van der Waals surface area (Å²) in [5.41, 5.74) is 5.73. The zero-order valence-corrected chi connectivity index (χ0v) is 14.8. The van der Waals surface area contributed by atoms with E-state index in [0.717, 1.165) is 10.6 Å². The summed E-state index contributed by atoms with van der Waals surface area (Å²) in [5, 5.41) is 3.03. The lowest BCUT2D eigenvalue weighted by Crippen LogP contribution is -2.40. The summed E-state index contributed by atoms with van der Waals surface area (Å²) < 4.78 is 17.7. The van der Waals surface area contributed by atoms with Gasteiger partial charge in [0.25, 0.3) is 0 Å². The maximum atomic E-state index is 12.7. The first-order valence-corrected chi connectivity index (χ1v) is 7.04. The highest BCUT2D eigenvalue weighted by molar-refractivity contribution is 14.0. The highest BCUT2D eigenvalue weighted by atomic mass is 127. The first-order valence-electron chi connectivity index (χ1n) is 6.05. The molecule has 1 rings (SSSR count). The molecule has 0 fully saturated rings. The number of ether oxygens (including phenoxy) is 1. The van der Waals surface area contributed by atoms with Crippen LogP contribution in [0.3, 0.4) is 0 Å². The minimum absolute atomic E-state index is 0. The van der Waals surface area contributed by atoms with E-state index in [1.165, 1.54) is 12.1 Å². The Morgan fingerprint density at radius 2 is 2.10 bits per heavy atom. The molecule has 0 aliphatic heterocycles. The van der Waals surface area contributed by atoms with Gasteiger partial charge in [0.15, 0.2) is 5.96 Å². The summed E-state index contributed by atoms with van der Waals surface area (Å²) in [4.78, 5) is 5.24. The second kappa shape index (κ2) is 11.2. The van der Waals surface area contributed by atoms with Gasteiger partial charge in [-0.2, -0.15) is 0 Å². The van der Waals surface area contributed by atoms with Gasteiger partial charge in [-0.15, -0.1) is 35.7 Å². The van der Waals surface area contributed by atoms with Crippen LogP contribution in [-0.2, 0) is 4.74 Å². The van der Waals surface area contributed by atoms with E-state index >= 15 is 0 Å². The third-order valence-electron chi connectivity index (χ3n) is 2.27. The van der Waals surface area contributed by atoms with Gasteiger partial charge >= 0.3 is 0 Å². The Labute approximate surface area is 140 Å². The molecule has 20 heavy (non-hydrogen) atoms. The molecule has 114 valence electrons. The Morgan fingerprint density at radius 1 is 1.45 bits per heavy atom. The molecule has 4 nitrogen and oxygen atoms in total. The summed E-state index contributed by atoms with van der Waals surface area (Å²) >= 11 is 1.62. The Hall–Kier alpha value is -0.540. The number of halogens is 2. The van der Waals surface area contributed by atoms with Gasteiger partial charge in [0, 0.05) is 23.8 Å². The van der Waals surface area contributed by atoms with Crippen LogP contribution in [0.2, 0.25) is 0 Å². The van der Waals surface area contributed by atoms with Gasteiger partial charge in [0.2, 0.25) is 0 Å². The summed E-state index contributed by atoms with van der Waals surface area (Å²) in [6.45, 7) is 3.17. The maximum Gasteiger partial charge on any atom is 0.188 e. The summed E-state index contributed by atoms with van der Waals surface area (Å²) in [7, 11) is 1.64. The standard InChI is InChI=1S/C13H20FN3OS.HI/c1-10(9-18-2)17-13(15)16-7-8-19-12-5-3-11(14)4-6-12;/h3-6,10H,7-9H2,1-2H3,(H3,15,16,17);1H. The number of thioether (sulfide) groups is 1. The molecule has 0 aliphatic carbocycles. The van der Waals surface area contributed by atoms with Crippen molar-refractivity contribution in [3.05, 3.63) is 30.1 Å². The molecule has 7 heteroatoms. The fourth-order valence-corrected chi connectivity index (χ4v) is 2.20. The zero-order valence-electron chi connectivity index (χ0n) is 11.6. The predicted molar refractivity (Wildman–Crippen MR) is 93.5 cm³/mol. The fraction of sp³-hybridized carbons (Fsp3) is 0.462. The average molecular weight is 413 g/mol. The number of hydrogen-bond donors (Lipinski definition) is 2. The molecular weight excluding hydrogens is 392 g/mol. The topological polar surface area (TPSA) is 59.6 Å². The molecule has 0 radical (unpaired) electrons. The second-order valence-corrected chi connectivity index (χ2v) is 5.24. The van der Waals surface area contributed by atoms with Crippen LogP contribution in [0, 0.1) is 5.82 Å². The molecule has 1 atom stereocenters. The molecule has 0 bridgehead atoms. The number of rotatable bonds is 7. The van der Waals surface area contributed by atoms with Crippen molar-refractivity contribution in [3.8, 4) is 0 Å². The van der Waals surface area contributed by atoms with E-state index in [0.29, 0.717) is 19.1 Å². The predicted octanol–water partition coefficient (Wildman–Crippen LogP) is 2.48. The lowest BCUT2D eigenvalue weighted by molar-refractivity contribution is 0.179. The van der Waals surface area contributed by atoms with Crippen LogP contribution in [0.4, 0.5) is 4.39 Å². The second-order valence-electron chi connectivity index (χ2n) is 4.07. The Balaban J connectivity index is 0.00000361. The smallest absolute Gasteiger partial charge is 0.188 e. The van der Waals surface area contributed by atoms with Crippen LogP contribution in [0.5, 0.6) is 0 Å². The van der Waals surface area contributed by atoms with Crippen LogP contribution in [-0.4, -0.2) is 38.0 Å². The highest BCUT2D eigenvalue weighted by Gasteiger charge is 2.01. The van der Waals surface area contributed by atoms with Crippen LogP contribution in [0.1, 0.15) is 6.92 Å². The first-order chi connectivity index (χ1) is 9.11. The van der Waals surface area contributed by atoms with Crippen molar-refractivity contribution in [2.24, 2.45) is 10.7 Å². The van der Waals surface area contributed by atoms with E-state index in [2.05, 4.69) is 10.3 Å². The SMILES string of the molecule is COCC(C)NC(N)=NCCSc1ccc(F)cc1.I. The molecule has 1 aromatic rings. The van der Waals surface area contributed by atoms with E-state index in [1.54, 1.807) is 31.0 Å². The largest absolute Gasteiger partial charge is 0.383 e. The maximum absolute atomic E-state index is 12.7. The number of nitrogens with one attached hydrogen (secondary N) is 1. The van der Waals surface area contributed by atoms with Crippen molar-refractivity contribution in [2.75, 3.05) is 26.0 Å². The van der Waals surface area contributed by atoms with E-state index in [4.69, 9.17) is 10.5 Å². The Kier molecular flexibility index (Phi) is 10.9. The van der Waals surface area contributed by atoms with E-state index in [1.807, 2.05) is 6.92 Å². The van der Waals surface area contributed by atoms with Gasteiger partial charge in [-0.25, -0.2) is 4.39 Å². The molecule has 0 aliphatic rings. The molecule has 0 heterocycles. The third-order valence-corrected chi connectivity index (χ3v) is 3.26. The molecule has 1 unspecified atom stereocenters. The molecule has 0 saturated heterocycles. The summed E-state index contributed by atoms with van der Waals surface area (Å²) in [5.74, 6) is 0.999. The van der Waals surface area contributed by atoms with Crippen molar-refractivity contribution in [2.45, 2.75) is 17.9 Å². The first kappa shape index (κ1) is 19.5. The van der Waals surface area contributed by atoms with Crippen molar-refractivity contribution in [1.82, 2.24) is 5.32 Å². The lowest BCUT2D eigenvalue weighted by atomic mass is 10.4. The Bertz CT molecular complexity index is 403. The lowest BCUT2D eigenvalue weighted by Gasteiger charge is -2.12. The van der Waals surface area contributed by atoms with Crippen molar-refractivity contribution >= 4 is 41.7 Å². The van der Waals surface area contributed by atoms with Crippen molar-refractivity contribution in [3.63, 3.8) is 0 Å². The number of guanidine groups is 1. The van der Waals surface area contributed by atoms with E-state index < -0.39 is 0 Å². The van der Waals surface area contributed by atoms with Gasteiger partial charge in [0.05, 0.1) is 13.2 Å². The van der Waals surface area contributed by atoms with Gasteiger partial charge in [-0.05, 0) is 31.2 Å². The number of benzene rings is 1. The van der Waals surface area contributed by atoms with Crippen LogP contribution < -0.4 is 11.1 Å². The monoisotopic (exact) mass is 413 g/mol. The number of aliphatic imine (C=N–C) groups is 1. The van der Waals surface area contributed by atoms with Gasteiger partial charge in [-0.3, -0.25) is 4.99 Å². The van der Waals surface area contributed by atoms with Crippen LogP contribution in [0.15, 0.2) is 34.2 Å². The third kappa shape index (κ3) is 8.60. The van der Waals surface area contributed by atoms with Crippen LogP contribution >= 0.6 is 35.7 Å². The zero-order chi connectivity index (χ0) is 14.1. The van der Waals surface area contributed by atoms with Crippen LogP contribution in [0.25, 0.3) is 0 Å². The summed E-state index contributed by atoms with van der Waals surface area (Å²) in [6, 6.07) is 6.55. The summed E-state index contributed by atoms with van der Waals surface area (Å²) in [6.07, 6.45) is 0. The molecule has 0 aromatic heterocycles. The van der Waals surface area contributed by atoms with E-state index in [9.17, 15) is 4.39 Å². The number of nitrogens with zero attached hydrogens (tertiary/aromatic N) is 1. The molecule has 1 aromatic carbocycles. The molecule has 0 saturated carbocycles. The Morgan fingerprint density at radius 3 is 2.70 bits per heavy atom. The fourth-order valence-electron chi connectivity index (χ4n) is 1.45. The quantitative estimate of drug-likeness (QED) is 0.237. The van der Waals surface area contributed by atoms with E-state index in [-0.39, 0.29) is 35.8 Å². The minimum atomic E-state index is -0.219. The molecule has 0 spiro atoms. The highest BCUT2D eigenvalue weighted by Crippen LogP contribution is 2.17. The number of nitrogens with two attached hydrogens (primary N) is 1. The molecule has 0 amide bonds. The van der Waals surface area contributed by atoms with Gasteiger partial charge in [0.1, 0.15) is 5.82 Å². The number of methoxy groups -OCH3 is 1. The van der Waals surface area contributed by atoms with Gasteiger partial charge < -0.3 is 15.8 Å². The van der Waals surface area contributed by atoms with Crippen molar-refractivity contribution < 1.29 is 9.13 Å².